The van der Waals surface area contributed by atoms with Crippen molar-refractivity contribution >= 4 is 32.8 Å². The Balaban J connectivity index is 2.32. The van der Waals surface area contributed by atoms with E-state index in [1.165, 1.54) is 0 Å². The number of rotatable bonds is 5. The Hall–Kier alpha value is -1.21. The summed E-state index contributed by atoms with van der Waals surface area (Å²) in [7, 11) is 3.85. The first kappa shape index (κ1) is 13.2. The Morgan fingerprint density at radius 1 is 1.44 bits per heavy atom. The summed E-state index contributed by atoms with van der Waals surface area (Å²) in [5.41, 5.74) is 0.815. The molecule has 2 rings (SSSR count). The van der Waals surface area contributed by atoms with Crippen LogP contribution in [0.1, 0.15) is 6.92 Å². The molecule has 2 aromatic heterocycles. The van der Waals surface area contributed by atoms with E-state index < -0.39 is 0 Å². The van der Waals surface area contributed by atoms with Crippen LogP contribution in [0, 0.1) is 0 Å². The lowest BCUT2D eigenvalue weighted by atomic mass is 10.3. The van der Waals surface area contributed by atoms with Crippen LogP contribution < -0.4 is 4.90 Å². The van der Waals surface area contributed by atoms with E-state index in [9.17, 15) is 0 Å². The van der Waals surface area contributed by atoms with E-state index in [0.717, 1.165) is 34.6 Å². The van der Waals surface area contributed by atoms with E-state index in [2.05, 4.69) is 31.0 Å². The third-order valence-corrected chi connectivity index (χ3v) is 3.25. The average Bonchev–Trinajstić information content (AvgIpc) is 2.65. The van der Waals surface area contributed by atoms with Gasteiger partial charge in [-0.2, -0.15) is 5.10 Å². The van der Waals surface area contributed by atoms with Gasteiger partial charge in [0.25, 0.3) is 0 Å². The minimum absolute atomic E-state index is 0.677. The second-order valence-electron chi connectivity index (χ2n) is 3.93. The van der Waals surface area contributed by atoms with E-state index >= 15 is 0 Å². The van der Waals surface area contributed by atoms with Crippen molar-refractivity contribution in [3.63, 3.8) is 0 Å². The molecule has 0 saturated carbocycles. The van der Waals surface area contributed by atoms with Crippen molar-refractivity contribution in [3.8, 4) is 0 Å². The highest BCUT2D eigenvalue weighted by molar-refractivity contribution is 9.10. The van der Waals surface area contributed by atoms with E-state index in [-0.39, 0.29) is 0 Å². The molecule has 0 amide bonds. The molecule has 0 radical (unpaired) electrons. The zero-order valence-electron chi connectivity index (χ0n) is 10.7. The third kappa shape index (κ3) is 2.46. The van der Waals surface area contributed by atoms with Crippen LogP contribution in [0.2, 0.25) is 0 Å². The second-order valence-corrected chi connectivity index (χ2v) is 4.68. The van der Waals surface area contributed by atoms with Crippen LogP contribution in [0.3, 0.4) is 0 Å². The first-order valence-corrected chi connectivity index (χ1v) is 6.56. The average molecular weight is 314 g/mol. The molecule has 2 heterocycles. The summed E-state index contributed by atoms with van der Waals surface area (Å²) in [6, 6.07) is 0. The fourth-order valence-corrected chi connectivity index (χ4v) is 2.36. The Morgan fingerprint density at radius 2 is 2.22 bits per heavy atom. The standard InChI is InChI=1S/C11H16BrN5O/c1-4-18-6-5-16(2)10-8-9(12)15-17(3)11(8)14-7-13-10/h7H,4-6H2,1-3H3. The van der Waals surface area contributed by atoms with Gasteiger partial charge < -0.3 is 9.64 Å². The monoisotopic (exact) mass is 313 g/mol. The van der Waals surface area contributed by atoms with Crippen LogP contribution in [-0.2, 0) is 11.8 Å². The molecule has 0 saturated heterocycles. The van der Waals surface area contributed by atoms with Crippen molar-refractivity contribution < 1.29 is 4.74 Å². The van der Waals surface area contributed by atoms with Gasteiger partial charge in [-0.25, -0.2) is 14.6 Å². The zero-order valence-corrected chi connectivity index (χ0v) is 12.3. The maximum absolute atomic E-state index is 5.36. The minimum Gasteiger partial charge on any atom is -0.380 e. The molecule has 0 unspecified atom stereocenters. The van der Waals surface area contributed by atoms with Crippen LogP contribution in [0.25, 0.3) is 11.0 Å². The largest absolute Gasteiger partial charge is 0.380 e. The first-order valence-electron chi connectivity index (χ1n) is 5.77. The van der Waals surface area contributed by atoms with Gasteiger partial charge >= 0.3 is 0 Å². The summed E-state index contributed by atoms with van der Waals surface area (Å²) in [5.74, 6) is 0.861. The number of hydrogen-bond acceptors (Lipinski definition) is 5. The third-order valence-electron chi connectivity index (χ3n) is 2.69. The number of hydrogen-bond donors (Lipinski definition) is 0. The molecule has 7 heteroatoms. The molecule has 18 heavy (non-hydrogen) atoms. The molecule has 0 aliphatic carbocycles. The quantitative estimate of drug-likeness (QED) is 0.785. The smallest absolute Gasteiger partial charge is 0.164 e. The molecule has 0 atom stereocenters. The first-order chi connectivity index (χ1) is 8.65. The molecular formula is C11H16BrN5O. The summed E-state index contributed by atoms with van der Waals surface area (Å²) in [6.45, 7) is 4.17. The maximum Gasteiger partial charge on any atom is 0.164 e. The number of aromatic nitrogens is 4. The molecule has 0 aliphatic heterocycles. The van der Waals surface area contributed by atoms with Crippen molar-refractivity contribution in [2.45, 2.75) is 6.92 Å². The van der Waals surface area contributed by atoms with Gasteiger partial charge in [-0.1, -0.05) is 0 Å². The Morgan fingerprint density at radius 3 is 2.94 bits per heavy atom. The number of halogens is 1. The van der Waals surface area contributed by atoms with Crippen LogP contribution >= 0.6 is 15.9 Å². The fourth-order valence-electron chi connectivity index (χ4n) is 1.77. The zero-order chi connectivity index (χ0) is 13.1. The molecule has 0 aliphatic rings. The molecule has 98 valence electrons. The van der Waals surface area contributed by atoms with Crippen molar-refractivity contribution in [1.82, 2.24) is 19.7 Å². The highest BCUT2D eigenvalue weighted by Gasteiger charge is 2.15. The molecule has 0 bridgehead atoms. The predicted octanol–water partition coefficient (Wildman–Crippen LogP) is 1.60. The van der Waals surface area contributed by atoms with Crippen LogP contribution in [0.4, 0.5) is 5.82 Å². The summed E-state index contributed by atoms with van der Waals surface area (Å²) < 4.78 is 7.86. The summed E-state index contributed by atoms with van der Waals surface area (Å²) >= 11 is 3.45. The van der Waals surface area contributed by atoms with Crippen LogP contribution in [0.15, 0.2) is 10.9 Å². The molecule has 0 spiro atoms. The Bertz CT molecular complexity index is 541. The molecule has 2 aromatic rings. The number of likely N-dealkylation sites (N-methyl/N-ethyl adjacent to an activating group) is 1. The van der Waals surface area contributed by atoms with Crippen molar-refractivity contribution in [2.75, 3.05) is 31.7 Å². The highest BCUT2D eigenvalue weighted by atomic mass is 79.9. The number of fused-ring (bicyclic) bond motifs is 1. The molecule has 0 aromatic carbocycles. The summed E-state index contributed by atoms with van der Waals surface area (Å²) in [6.07, 6.45) is 1.56. The van der Waals surface area contributed by atoms with Gasteiger partial charge in [0.15, 0.2) is 5.65 Å². The topological polar surface area (TPSA) is 56.1 Å². The van der Waals surface area contributed by atoms with Gasteiger partial charge in [-0.15, -0.1) is 0 Å². The number of anilines is 1. The summed E-state index contributed by atoms with van der Waals surface area (Å²) in [4.78, 5) is 10.6. The maximum atomic E-state index is 5.36. The van der Waals surface area contributed by atoms with E-state index in [0.29, 0.717) is 6.61 Å². The predicted molar refractivity (Wildman–Crippen MR) is 73.8 cm³/mol. The Labute approximate surface area is 114 Å². The lowest BCUT2D eigenvalue weighted by Gasteiger charge is -2.18. The Kier molecular flexibility index (Phi) is 4.13. The number of ether oxygens (including phenoxy) is 1. The summed E-state index contributed by atoms with van der Waals surface area (Å²) in [5, 5.41) is 5.23. The van der Waals surface area contributed by atoms with E-state index in [1.54, 1.807) is 11.0 Å². The minimum atomic E-state index is 0.677. The molecule has 0 N–H and O–H groups in total. The highest BCUT2D eigenvalue weighted by Crippen LogP contribution is 2.28. The number of aryl methyl sites for hydroxylation is 1. The van der Waals surface area contributed by atoms with Gasteiger partial charge in [-0.05, 0) is 22.9 Å². The van der Waals surface area contributed by atoms with Gasteiger partial charge in [0.05, 0.1) is 12.0 Å². The van der Waals surface area contributed by atoms with E-state index in [4.69, 9.17) is 4.74 Å². The SMILES string of the molecule is CCOCCN(C)c1ncnc2c1c(Br)nn2C. The lowest BCUT2D eigenvalue weighted by Crippen LogP contribution is -2.23. The molecule has 6 nitrogen and oxygen atoms in total. The van der Waals surface area contributed by atoms with Crippen molar-refractivity contribution in [1.29, 1.82) is 0 Å². The van der Waals surface area contributed by atoms with E-state index in [1.807, 2.05) is 25.9 Å². The van der Waals surface area contributed by atoms with Crippen molar-refractivity contribution in [3.05, 3.63) is 10.9 Å². The van der Waals surface area contributed by atoms with Gasteiger partial charge in [0.1, 0.15) is 16.7 Å². The van der Waals surface area contributed by atoms with Gasteiger partial charge in [0.2, 0.25) is 0 Å². The fraction of sp³-hybridized carbons (Fsp3) is 0.545. The van der Waals surface area contributed by atoms with Crippen LogP contribution in [-0.4, -0.2) is 46.6 Å². The second kappa shape index (κ2) is 5.62. The normalized spacial score (nSPS) is 11.1. The lowest BCUT2D eigenvalue weighted by molar-refractivity contribution is 0.154. The molecule has 0 fully saturated rings. The van der Waals surface area contributed by atoms with Gasteiger partial charge in [-0.3, -0.25) is 0 Å². The van der Waals surface area contributed by atoms with Crippen LogP contribution in [0.5, 0.6) is 0 Å². The van der Waals surface area contributed by atoms with Crippen molar-refractivity contribution in [2.24, 2.45) is 7.05 Å². The molecular weight excluding hydrogens is 298 g/mol. The number of nitrogens with zero attached hydrogens (tertiary/aromatic N) is 5. The van der Waals surface area contributed by atoms with Gasteiger partial charge in [0, 0.05) is 27.2 Å².